The van der Waals surface area contributed by atoms with Gasteiger partial charge in [0.05, 0.1) is 12.5 Å². The molecule has 2 saturated heterocycles. The molecule has 136 valence electrons. The SMILES string of the molecule is O=C(O)C1CCN(CC(=O)N2CCN(c3ccc(F)cc3)CC2)CC1. The van der Waals surface area contributed by atoms with E-state index in [1.165, 1.54) is 12.1 Å². The van der Waals surface area contributed by atoms with Crippen LogP contribution in [0.15, 0.2) is 24.3 Å². The molecule has 0 radical (unpaired) electrons. The van der Waals surface area contributed by atoms with E-state index in [2.05, 4.69) is 4.90 Å². The van der Waals surface area contributed by atoms with Crippen molar-refractivity contribution in [2.45, 2.75) is 12.8 Å². The lowest BCUT2D eigenvalue weighted by molar-refractivity contribution is -0.143. The molecule has 0 aromatic heterocycles. The third kappa shape index (κ3) is 4.48. The van der Waals surface area contributed by atoms with Gasteiger partial charge in [-0.15, -0.1) is 0 Å². The van der Waals surface area contributed by atoms with Crippen LogP contribution in [0.3, 0.4) is 0 Å². The second-order valence-corrected chi connectivity index (χ2v) is 6.73. The molecule has 2 fully saturated rings. The molecule has 0 aliphatic carbocycles. The minimum Gasteiger partial charge on any atom is -0.481 e. The van der Waals surface area contributed by atoms with Crippen LogP contribution in [-0.2, 0) is 9.59 Å². The molecule has 0 atom stereocenters. The van der Waals surface area contributed by atoms with E-state index in [9.17, 15) is 14.0 Å². The number of carboxylic acid groups (broad SMARTS) is 1. The molecule has 1 amide bonds. The standard InChI is InChI=1S/C18H24FN3O3/c19-15-1-3-16(4-2-15)21-9-11-22(12-10-21)17(23)13-20-7-5-14(6-8-20)18(24)25/h1-4,14H,5-13H2,(H,24,25). The third-order valence-electron chi connectivity index (χ3n) is 5.12. The Balaban J connectivity index is 1.44. The number of piperidine rings is 1. The van der Waals surface area contributed by atoms with Gasteiger partial charge in [-0.2, -0.15) is 0 Å². The summed E-state index contributed by atoms with van der Waals surface area (Å²) in [5, 5.41) is 9.03. The predicted octanol–water partition coefficient (Wildman–Crippen LogP) is 1.27. The number of carboxylic acids is 1. The van der Waals surface area contributed by atoms with Gasteiger partial charge in [0.25, 0.3) is 0 Å². The highest BCUT2D eigenvalue weighted by Crippen LogP contribution is 2.19. The summed E-state index contributed by atoms with van der Waals surface area (Å²) in [5.74, 6) is -1.15. The number of likely N-dealkylation sites (tertiary alicyclic amines) is 1. The predicted molar refractivity (Wildman–Crippen MR) is 92.0 cm³/mol. The fourth-order valence-electron chi connectivity index (χ4n) is 3.50. The molecule has 2 heterocycles. The molecule has 2 aliphatic rings. The summed E-state index contributed by atoms with van der Waals surface area (Å²) in [5.41, 5.74) is 0.976. The fourth-order valence-corrected chi connectivity index (χ4v) is 3.50. The molecule has 6 nitrogen and oxygen atoms in total. The summed E-state index contributed by atoms with van der Waals surface area (Å²) >= 11 is 0. The van der Waals surface area contributed by atoms with Crippen LogP contribution in [0.1, 0.15) is 12.8 Å². The maximum atomic E-state index is 13.0. The molecule has 7 heteroatoms. The molecule has 1 aromatic rings. The van der Waals surface area contributed by atoms with Gasteiger partial charge in [-0.3, -0.25) is 14.5 Å². The molecular formula is C18H24FN3O3. The zero-order valence-electron chi connectivity index (χ0n) is 14.2. The van der Waals surface area contributed by atoms with Crippen molar-refractivity contribution in [3.63, 3.8) is 0 Å². The van der Waals surface area contributed by atoms with Crippen LogP contribution in [0.4, 0.5) is 10.1 Å². The van der Waals surface area contributed by atoms with E-state index in [4.69, 9.17) is 5.11 Å². The first kappa shape index (κ1) is 17.7. The number of rotatable bonds is 4. The lowest BCUT2D eigenvalue weighted by Gasteiger charge is -2.37. The molecule has 0 unspecified atom stereocenters. The number of halogens is 1. The minimum atomic E-state index is -0.733. The van der Waals surface area contributed by atoms with Crippen LogP contribution >= 0.6 is 0 Å². The first-order chi connectivity index (χ1) is 12.0. The van der Waals surface area contributed by atoms with Crippen LogP contribution in [0.2, 0.25) is 0 Å². The quantitative estimate of drug-likeness (QED) is 0.887. The van der Waals surface area contributed by atoms with Gasteiger partial charge in [0.1, 0.15) is 5.82 Å². The largest absolute Gasteiger partial charge is 0.481 e. The van der Waals surface area contributed by atoms with Crippen LogP contribution in [0.5, 0.6) is 0 Å². The number of hydrogen-bond donors (Lipinski definition) is 1. The van der Waals surface area contributed by atoms with Crippen molar-refractivity contribution in [2.24, 2.45) is 5.92 Å². The van der Waals surface area contributed by atoms with Gasteiger partial charge in [0, 0.05) is 31.9 Å². The van der Waals surface area contributed by atoms with Crippen molar-refractivity contribution in [3.8, 4) is 0 Å². The summed E-state index contributed by atoms with van der Waals surface area (Å²) in [6, 6.07) is 6.43. The third-order valence-corrected chi connectivity index (χ3v) is 5.12. The molecule has 0 bridgehead atoms. The number of hydrogen-bond acceptors (Lipinski definition) is 4. The van der Waals surface area contributed by atoms with E-state index in [0.717, 1.165) is 18.8 Å². The topological polar surface area (TPSA) is 64.1 Å². The molecular weight excluding hydrogens is 325 g/mol. The molecule has 0 spiro atoms. The van der Waals surface area contributed by atoms with Crippen LogP contribution in [0, 0.1) is 11.7 Å². The van der Waals surface area contributed by atoms with Gasteiger partial charge < -0.3 is 14.9 Å². The first-order valence-electron chi connectivity index (χ1n) is 8.76. The lowest BCUT2D eigenvalue weighted by atomic mass is 9.97. The summed E-state index contributed by atoms with van der Waals surface area (Å²) in [4.78, 5) is 29.5. The van der Waals surface area contributed by atoms with Gasteiger partial charge in [-0.1, -0.05) is 0 Å². The van der Waals surface area contributed by atoms with E-state index < -0.39 is 5.97 Å². The van der Waals surface area contributed by atoms with E-state index >= 15 is 0 Å². The van der Waals surface area contributed by atoms with Gasteiger partial charge in [0.15, 0.2) is 0 Å². The van der Waals surface area contributed by atoms with E-state index in [1.54, 1.807) is 12.1 Å². The Bertz CT molecular complexity index is 606. The zero-order chi connectivity index (χ0) is 17.8. The Kier molecular flexibility index (Phi) is 5.53. The number of aliphatic carboxylic acids is 1. The monoisotopic (exact) mass is 349 g/mol. The summed E-state index contributed by atoms with van der Waals surface area (Å²) in [6.45, 7) is 4.47. The lowest BCUT2D eigenvalue weighted by Crippen LogP contribution is -2.52. The van der Waals surface area contributed by atoms with Gasteiger partial charge >= 0.3 is 5.97 Å². The van der Waals surface area contributed by atoms with Crippen molar-refractivity contribution in [2.75, 3.05) is 50.7 Å². The Morgan fingerprint density at radius 1 is 1.00 bits per heavy atom. The molecule has 1 aromatic carbocycles. The number of anilines is 1. The number of nitrogens with zero attached hydrogens (tertiary/aromatic N) is 3. The highest BCUT2D eigenvalue weighted by molar-refractivity contribution is 5.78. The van der Waals surface area contributed by atoms with Crippen molar-refractivity contribution in [1.29, 1.82) is 0 Å². The molecule has 3 rings (SSSR count). The summed E-state index contributed by atoms with van der Waals surface area (Å²) < 4.78 is 13.0. The van der Waals surface area contributed by atoms with E-state index in [-0.39, 0.29) is 17.6 Å². The second kappa shape index (κ2) is 7.82. The number of carbonyl (C=O) groups excluding carboxylic acids is 1. The highest BCUT2D eigenvalue weighted by Gasteiger charge is 2.27. The summed E-state index contributed by atoms with van der Waals surface area (Å²) in [7, 11) is 0. The minimum absolute atomic E-state index is 0.104. The average Bonchev–Trinajstić information content (AvgIpc) is 2.63. The number of carbonyl (C=O) groups is 2. The average molecular weight is 349 g/mol. The number of piperazine rings is 1. The van der Waals surface area contributed by atoms with Crippen molar-refractivity contribution >= 4 is 17.6 Å². The van der Waals surface area contributed by atoms with Gasteiger partial charge in [-0.05, 0) is 50.2 Å². The normalized spacial score (nSPS) is 19.9. The second-order valence-electron chi connectivity index (χ2n) is 6.73. The van der Waals surface area contributed by atoms with Gasteiger partial charge in [0.2, 0.25) is 5.91 Å². The Hall–Kier alpha value is -2.15. The van der Waals surface area contributed by atoms with Crippen molar-refractivity contribution in [3.05, 3.63) is 30.1 Å². The number of benzene rings is 1. The first-order valence-corrected chi connectivity index (χ1v) is 8.76. The Labute approximate surface area is 146 Å². The summed E-state index contributed by atoms with van der Waals surface area (Å²) in [6.07, 6.45) is 1.22. The Morgan fingerprint density at radius 2 is 1.60 bits per heavy atom. The maximum absolute atomic E-state index is 13.0. The number of amides is 1. The molecule has 1 N–H and O–H groups in total. The molecule has 2 aliphatic heterocycles. The molecule has 0 saturated carbocycles. The van der Waals surface area contributed by atoms with Crippen LogP contribution < -0.4 is 4.90 Å². The van der Waals surface area contributed by atoms with E-state index in [1.807, 2.05) is 9.80 Å². The van der Waals surface area contributed by atoms with E-state index in [0.29, 0.717) is 45.6 Å². The van der Waals surface area contributed by atoms with Crippen LogP contribution in [0.25, 0.3) is 0 Å². The maximum Gasteiger partial charge on any atom is 0.306 e. The van der Waals surface area contributed by atoms with Gasteiger partial charge in [-0.25, -0.2) is 4.39 Å². The van der Waals surface area contributed by atoms with Crippen molar-refractivity contribution in [1.82, 2.24) is 9.80 Å². The Morgan fingerprint density at radius 3 is 2.16 bits per heavy atom. The smallest absolute Gasteiger partial charge is 0.306 e. The van der Waals surface area contributed by atoms with Crippen LogP contribution in [-0.4, -0.2) is 72.6 Å². The molecule has 25 heavy (non-hydrogen) atoms. The highest BCUT2D eigenvalue weighted by atomic mass is 19.1. The van der Waals surface area contributed by atoms with Crippen molar-refractivity contribution < 1.29 is 19.1 Å². The zero-order valence-corrected chi connectivity index (χ0v) is 14.2. The fraction of sp³-hybridized carbons (Fsp3) is 0.556.